The predicted molar refractivity (Wildman–Crippen MR) is 118 cm³/mol. The molecule has 0 saturated carbocycles. The maximum absolute atomic E-state index is 12.3. The Labute approximate surface area is 186 Å². The molecular formula is C23H27N3O6. The van der Waals surface area contributed by atoms with Crippen LogP contribution in [0.15, 0.2) is 42.5 Å². The van der Waals surface area contributed by atoms with Crippen molar-refractivity contribution in [3.8, 4) is 17.2 Å². The van der Waals surface area contributed by atoms with E-state index >= 15 is 0 Å². The standard InChI is InChI=1S/C23H27N3O6/c1-15(2)32-19-11-6-16(13-20(19)30-3)23(29)25-24-21(27)14-31-18-9-7-17(8-10-18)26-12-4-5-22(26)28/h6-11,13,15H,4-5,12,14H2,1-3H3,(H,24,27)(H,25,29). The molecule has 1 aliphatic heterocycles. The van der Waals surface area contributed by atoms with Crippen molar-refractivity contribution in [1.29, 1.82) is 0 Å². The SMILES string of the molecule is COc1cc(C(=O)NNC(=O)COc2ccc(N3CCCC3=O)cc2)ccc1OC(C)C. The normalized spacial score (nSPS) is 13.1. The number of hydrazine groups is 1. The van der Waals surface area contributed by atoms with Crippen LogP contribution in [-0.4, -0.2) is 44.1 Å². The van der Waals surface area contributed by atoms with Crippen molar-refractivity contribution in [3.05, 3.63) is 48.0 Å². The molecule has 3 amide bonds. The van der Waals surface area contributed by atoms with Gasteiger partial charge in [0.1, 0.15) is 5.75 Å². The van der Waals surface area contributed by atoms with Crippen LogP contribution in [0.2, 0.25) is 0 Å². The highest BCUT2D eigenvalue weighted by molar-refractivity contribution is 5.96. The van der Waals surface area contributed by atoms with Crippen molar-refractivity contribution < 1.29 is 28.6 Å². The first-order valence-electron chi connectivity index (χ1n) is 10.3. The Bertz CT molecular complexity index is 974. The molecule has 3 rings (SSSR count). The quantitative estimate of drug-likeness (QED) is 0.610. The molecular weight excluding hydrogens is 414 g/mol. The molecule has 0 spiro atoms. The van der Waals surface area contributed by atoms with Gasteiger partial charge in [-0.1, -0.05) is 0 Å². The van der Waals surface area contributed by atoms with Gasteiger partial charge in [-0.05, 0) is 62.7 Å². The van der Waals surface area contributed by atoms with Crippen LogP contribution in [0.5, 0.6) is 17.2 Å². The Morgan fingerprint density at radius 1 is 1.06 bits per heavy atom. The highest BCUT2D eigenvalue weighted by Gasteiger charge is 2.21. The molecule has 2 N–H and O–H groups in total. The fourth-order valence-corrected chi connectivity index (χ4v) is 3.19. The van der Waals surface area contributed by atoms with Crippen LogP contribution in [-0.2, 0) is 9.59 Å². The van der Waals surface area contributed by atoms with E-state index in [1.165, 1.54) is 13.2 Å². The highest BCUT2D eigenvalue weighted by Crippen LogP contribution is 2.29. The van der Waals surface area contributed by atoms with E-state index in [1.807, 2.05) is 13.8 Å². The molecule has 0 atom stereocenters. The van der Waals surface area contributed by atoms with E-state index in [0.717, 1.165) is 12.1 Å². The first-order valence-corrected chi connectivity index (χ1v) is 10.3. The molecule has 1 saturated heterocycles. The molecule has 9 nitrogen and oxygen atoms in total. The summed E-state index contributed by atoms with van der Waals surface area (Å²) in [5, 5.41) is 0. The molecule has 1 heterocycles. The molecule has 0 radical (unpaired) electrons. The van der Waals surface area contributed by atoms with Gasteiger partial charge in [-0.3, -0.25) is 25.2 Å². The summed E-state index contributed by atoms with van der Waals surface area (Å²) >= 11 is 0. The van der Waals surface area contributed by atoms with Gasteiger partial charge in [0.05, 0.1) is 13.2 Å². The Morgan fingerprint density at radius 2 is 1.81 bits per heavy atom. The second kappa shape index (κ2) is 10.5. The Morgan fingerprint density at radius 3 is 2.44 bits per heavy atom. The Balaban J connectivity index is 1.47. The van der Waals surface area contributed by atoms with Crippen LogP contribution >= 0.6 is 0 Å². The van der Waals surface area contributed by atoms with Gasteiger partial charge < -0.3 is 19.1 Å². The third kappa shape index (κ3) is 5.90. The van der Waals surface area contributed by atoms with E-state index in [2.05, 4.69) is 10.9 Å². The number of ether oxygens (including phenoxy) is 3. The number of carbonyl (C=O) groups is 3. The summed E-state index contributed by atoms with van der Waals surface area (Å²) in [5.74, 6) is 0.494. The van der Waals surface area contributed by atoms with E-state index in [-0.39, 0.29) is 18.6 Å². The van der Waals surface area contributed by atoms with E-state index in [4.69, 9.17) is 14.2 Å². The number of carbonyl (C=O) groups excluding carboxylic acids is 3. The number of nitrogens with one attached hydrogen (secondary N) is 2. The molecule has 0 aliphatic carbocycles. The molecule has 170 valence electrons. The molecule has 0 bridgehead atoms. The first-order chi connectivity index (χ1) is 15.4. The third-order valence-electron chi connectivity index (χ3n) is 4.70. The van der Waals surface area contributed by atoms with Gasteiger partial charge in [-0.2, -0.15) is 0 Å². The Hall–Kier alpha value is -3.75. The van der Waals surface area contributed by atoms with Crippen molar-refractivity contribution in [2.45, 2.75) is 32.8 Å². The van der Waals surface area contributed by atoms with Gasteiger partial charge >= 0.3 is 0 Å². The average Bonchev–Trinajstić information content (AvgIpc) is 3.22. The van der Waals surface area contributed by atoms with E-state index in [0.29, 0.717) is 35.8 Å². The lowest BCUT2D eigenvalue weighted by Crippen LogP contribution is -2.43. The second-order valence-electron chi connectivity index (χ2n) is 7.47. The van der Waals surface area contributed by atoms with Crippen LogP contribution in [0.25, 0.3) is 0 Å². The van der Waals surface area contributed by atoms with Gasteiger partial charge in [-0.25, -0.2) is 0 Å². The van der Waals surface area contributed by atoms with E-state index in [9.17, 15) is 14.4 Å². The minimum atomic E-state index is -0.524. The molecule has 1 fully saturated rings. The molecule has 9 heteroatoms. The maximum Gasteiger partial charge on any atom is 0.276 e. The number of rotatable bonds is 8. The number of benzene rings is 2. The van der Waals surface area contributed by atoms with Gasteiger partial charge in [-0.15, -0.1) is 0 Å². The summed E-state index contributed by atoms with van der Waals surface area (Å²) < 4.78 is 16.3. The van der Waals surface area contributed by atoms with Crippen LogP contribution in [0.4, 0.5) is 5.69 Å². The number of amides is 3. The van der Waals surface area contributed by atoms with Crippen molar-refractivity contribution in [2.24, 2.45) is 0 Å². The molecule has 2 aromatic rings. The fraction of sp³-hybridized carbons (Fsp3) is 0.348. The average molecular weight is 441 g/mol. The molecule has 32 heavy (non-hydrogen) atoms. The van der Waals surface area contributed by atoms with Crippen molar-refractivity contribution in [1.82, 2.24) is 10.9 Å². The predicted octanol–water partition coefficient (Wildman–Crippen LogP) is 2.45. The smallest absolute Gasteiger partial charge is 0.276 e. The lowest BCUT2D eigenvalue weighted by Gasteiger charge is -2.16. The topological polar surface area (TPSA) is 106 Å². The summed E-state index contributed by atoms with van der Waals surface area (Å²) in [5.41, 5.74) is 5.75. The van der Waals surface area contributed by atoms with E-state index in [1.54, 1.807) is 41.3 Å². The third-order valence-corrected chi connectivity index (χ3v) is 4.70. The van der Waals surface area contributed by atoms with Gasteiger partial charge in [0.15, 0.2) is 18.1 Å². The Kier molecular flexibility index (Phi) is 7.54. The van der Waals surface area contributed by atoms with Gasteiger partial charge in [0.25, 0.3) is 11.8 Å². The van der Waals surface area contributed by atoms with Crippen molar-refractivity contribution in [2.75, 3.05) is 25.2 Å². The fourth-order valence-electron chi connectivity index (χ4n) is 3.19. The number of hydrogen-bond acceptors (Lipinski definition) is 6. The zero-order chi connectivity index (χ0) is 23.1. The second-order valence-corrected chi connectivity index (χ2v) is 7.47. The van der Waals surface area contributed by atoms with Crippen LogP contribution < -0.4 is 30.0 Å². The van der Waals surface area contributed by atoms with Crippen LogP contribution in [0.3, 0.4) is 0 Å². The number of nitrogens with zero attached hydrogens (tertiary/aromatic N) is 1. The zero-order valence-corrected chi connectivity index (χ0v) is 18.3. The molecule has 1 aliphatic rings. The monoisotopic (exact) mass is 441 g/mol. The van der Waals surface area contributed by atoms with Crippen molar-refractivity contribution in [3.63, 3.8) is 0 Å². The summed E-state index contributed by atoms with van der Waals surface area (Å²) in [6.45, 7) is 4.20. The van der Waals surface area contributed by atoms with Crippen molar-refractivity contribution >= 4 is 23.4 Å². The highest BCUT2D eigenvalue weighted by atomic mass is 16.5. The number of methoxy groups -OCH3 is 1. The molecule has 2 aromatic carbocycles. The minimum Gasteiger partial charge on any atom is -0.493 e. The summed E-state index contributed by atoms with van der Waals surface area (Å²) in [6, 6.07) is 11.7. The summed E-state index contributed by atoms with van der Waals surface area (Å²) in [4.78, 5) is 37.9. The number of hydrogen-bond donors (Lipinski definition) is 2. The van der Waals surface area contributed by atoms with Gasteiger partial charge in [0.2, 0.25) is 5.91 Å². The van der Waals surface area contributed by atoms with Crippen LogP contribution in [0, 0.1) is 0 Å². The van der Waals surface area contributed by atoms with Gasteiger partial charge in [0, 0.05) is 24.2 Å². The lowest BCUT2D eigenvalue weighted by atomic mass is 10.2. The molecule has 0 unspecified atom stereocenters. The lowest BCUT2D eigenvalue weighted by molar-refractivity contribution is -0.123. The summed E-state index contributed by atoms with van der Waals surface area (Å²) in [6.07, 6.45) is 1.38. The van der Waals surface area contributed by atoms with E-state index < -0.39 is 11.8 Å². The zero-order valence-electron chi connectivity index (χ0n) is 18.3. The maximum atomic E-state index is 12.3. The molecule has 0 aromatic heterocycles. The summed E-state index contributed by atoms with van der Waals surface area (Å²) in [7, 11) is 1.48. The van der Waals surface area contributed by atoms with Crippen LogP contribution in [0.1, 0.15) is 37.0 Å². The largest absolute Gasteiger partial charge is 0.493 e. The first kappa shape index (κ1) is 22.9. The number of anilines is 1. The minimum absolute atomic E-state index is 0.0400.